The van der Waals surface area contributed by atoms with E-state index < -0.39 is 5.91 Å². The van der Waals surface area contributed by atoms with Crippen molar-refractivity contribution in [3.05, 3.63) is 46.5 Å². The third-order valence-electron chi connectivity index (χ3n) is 6.82. The zero-order chi connectivity index (χ0) is 22.6. The van der Waals surface area contributed by atoms with E-state index in [0.717, 1.165) is 59.3 Å². The van der Waals surface area contributed by atoms with Gasteiger partial charge in [-0.2, -0.15) is 0 Å². The number of hydrogen-bond donors (Lipinski definition) is 3. The largest absolute Gasteiger partial charge is 0.393 e. The fourth-order valence-corrected chi connectivity index (χ4v) is 6.25. The summed E-state index contributed by atoms with van der Waals surface area (Å²) < 4.78 is 3.22. The predicted molar refractivity (Wildman–Crippen MR) is 128 cm³/mol. The number of aliphatic hydroxyl groups excluding tert-OH is 1. The highest BCUT2D eigenvalue weighted by atomic mass is 32.1. The van der Waals surface area contributed by atoms with Gasteiger partial charge in [0.05, 0.1) is 27.4 Å². The van der Waals surface area contributed by atoms with Crippen LogP contribution in [0.5, 0.6) is 0 Å². The monoisotopic (exact) mass is 451 g/mol. The molecule has 1 saturated carbocycles. The summed E-state index contributed by atoms with van der Waals surface area (Å²) in [4.78, 5) is 25.2. The number of amides is 1. The van der Waals surface area contributed by atoms with Crippen LogP contribution < -0.4 is 11.1 Å². The second kappa shape index (κ2) is 7.74. The van der Waals surface area contributed by atoms with Crippen molar-refractivity contribution in [1.82, 2.24) is 4.57 Å². The van der Waals surface area contributed by atoms with Crippen LogP contribution in [-0.2, 0) is 6.42 Å². The lowest BCUT2D eigenvalue weighted by Gasteiger charge is -2.30. The van der Waals surface area contributed by atoms with Crippen molar-refractivity contribution >= 4 is 38.9 Å². The van der Waals surface area contributed by atoms with E-state index in [4.69, 9.17) is 5.73 Å². The minimum Gasteiger partial charge on any atom is -0.393 e. The van der Waals surface area contributed by atoms with Crippen molar-refractivity contribution in [2.75, 3.05) is 5.32 Å². The lowest BCUT2D eigenvalue weighted by atomic mass is 9.76. The molecule has 1 amide bonds. The maximum absolute atomic E-state index is 13.1. The Balaban J connectivity index is 1.62. The van der Waals surface area contributed by atoms with Crippen molar-refractivity contribution in [2.45, 2.75) is 64.5 Å². The molecule has 0 saturated heterocycles. The smallest absolute Gasteiger partial charge is 0.250 e. The number of nitrogens with two attached hydrogens (primary N) is 1. The van der Waals surface area contributed by atoms with E-state index in [2.05, 4.69) is 29.8 Å². The Morgan fingerprint density at radius 3 is 2.66 bits per heavy atom. The molecule has 7 heteroatoms. The normalized spacial score (nSPS) is 22.7. The van der Waals surface area contributed by atoms with Gasteiger partial charge >= 0.3 is 0 Å². The molecular weight excluding hydrogens is 422 g/mol. The van der Waals surface area contributed by atoms with Crippen molar-refractivity contribution in [2.24, 2.45) is 11.1 Å². The fourth-order valence-electron chi connectivity index (χ4n) is 5.29. The molecular formula is C25H29N3O3S. The number of benzene rings is 1. The number of aliphatic hydroxyl groups is 1. The SMILES string of the molecule is CC1(C)CC(=O)c2c(n(-c3ccc(C(N)=O)c(NC4CCC(O)CC4)c3)c3ccsc23)C1. The lowest BCUT2D eigenvalue weighted by Crippen LogP contribution is -2.29. The number of primary amides is 1. The minimum absolute atomic E-state index is 0.0977. The molecule has 5 rings (SSSR count). The number of anilines is 1. The Morgan fingerprint density at radius 1 is 1.19 bits per heavy atom. The van der Waals surface area contributed by atoms with Crippen LogP contribution >= 0.6 is 11.3 Å². The van der Waals surface area contributed by atoms with Gasteiger partial charge in [0.15, 0.2) is 5.78 Å². The molecule has 4 N–H and O–H groups in total. The number of nitrogens with zero attached hydrogens (tertiary/aromatic N) is 1. The molecule has 168 valence electrons. The first-order valence-electron chi connectivity index (χ1n) is 11.3. The van der Waals surface area contributed by atoms with E-state index in [1.165, 1.54) is 0 Å². The van der Waals surface area contributed by atoms with E-state index in [-0.39, 0.29) is 23.3 Å². The molecule has 2 heterocycles. The Bertz CT molecular complexity index is 1210. The Hall–Kier alpha value is -2.64. The Labute approximate surface area is 191 Å². The Morgan fingerprint density at radius 2 is 1.94 bits per heavy atom. The molecule has 0 bridgehead atoms. The van der Waals surface area contributed by atoms with Gasteiger partial charge in [-0.15, -0.1) is 11.3 Å². The van der Waals surface area contributed by atoms with Gasteiger partial charge in [0, 0.05) is 29.5 Å². The van der Waals surface area contributed by atoms with Crippen LogP contribution in [-0.4, -0.2) is 33.5 Å². The van der Waals surface area contributed by atoms with Crippen LogP contribution in [0.4, 0.5) is 5.69 Å². The van der Waals surface area contributed by atoms with E-state index in [1.54, 1.807) is 17.4 Å². The van der Waals surface area contributed by atoms with Crippen LogP contribution in [0.2, 0.25) is 0 Å². The number of nitrogens with one attached hydrogen (secondary N) is 1. The first kappa shape index (κ1) is 21.2. The quantitative estimate of drug-likeness (QED) is 0.537. The highest BCUT2D eigenvalue weighted by molar-refractivity contribution is 7.17. The number of Topliss-reactive ketones (excluding diaryl/α,β-unsaturated/α-hetero) is 1. The van der Waals surface area contributed by atoms with Gasteiger partial charge in [-0.25, -0.2) is 0 Å². The van der Waals surface area contributed by atoms with E-state index in [1.807, 2.05) is 17.5 Å². The van der Waals surface area contributed by atoms with Crippen LogP contribution in [0, 0.1) is 5.41 Å². The van der Waals surface area contributed by atoms with Gasteiger partial charge in [0.25, 0.3) is 5.91 Å². The topological polar surface area (TPSA) is 97.4 Å². The van der Waals surface area contributed by atoms with Gasteiger partial charge in [-0.05, 0) is 67.2 Å². The summed E-state index contributed by atoms with van der Waals surface area (Å²) in [6.45, 7) is 4.28. The molecule has 6 nitrogen and oxygen atoms in total. The fraction of sp³-hybridized carbons (Fsp3) is 0.440. The number of carbonyl (C=O) groups is 2. The number of ketones is 1. The molecule has 0 atom stereocenters. The number of fused-ring (bicyclic) bond motifs is 3. The third kappa shape index (κ3) is 3.63. The molecule has 0 spiro atoms. The summed E-state index contributed by atoms with van der Waals surface area (Å²) in [7, 11) is 0. The molecule has 0 unspecified atom stereocenters. The molecule has 3 aromatic rings. The molecule has 2 aliphatic carbocycles. The number of thiophene rings is 1. The second-order valence-corrected chi connectivity index (χ2v) is 10.9. The molecule has 1 aromatic carbocycles. The summed E-state index contributed by atoms with van der Waals surface area (Å²) in [5, 5.41) is 15.4. The molecule has 2 aromatic heterocycles. The molecule has 1 fully saturated rings. The molecule has 0 aliphatic heterocycles. The highest BCUT2D eigenvalue weighted by Gasteiger charge is 2.36. The van der Waals surface area contributed by atoms with Gasteiger partial charge in [0.1, 0.15) is 0 Å². The van der Waals surface area contributed by atoms with Crippen molar-refractivity contribution in [3.8, 4) is 5.69 Å². The first-order chi connectivity index (χ1) is 15.2. The van der Waals surface area contributed by atoms with Gasteiger partial charge < -0.3 is 20.7 Å². The van der Waals surface area contributed by atoms with Gasteiger partial charge in [0.2, 0.25) is 0 Å². The number of rotatable bonds is 4. The number of hydrogen-bond acceptors (Lipinski definition) is 5. The van der Waals surface area contributed by atoms with Crippen LogP contribution in [0.25, 0.3) is 15.9 Å². The van der Waals surface area contributed by atoms with E-state index >= 15 is 0 Å². The average molecular weight is 452 g/mol. The maximum atomic E-state index is 13.1. The Kier molecular flexibility index (Phi) is 5.13. The standard InChI is InChI=1S/C25H29N3O3S/c1-25(2)12-20-22(21(30)13-25)23-19(9-10-32-23)28(20)15-5-8-17(24(26)31)18(11-15)27-14-3-6-16(29)7-4-14/h5,8-11,14,16,27,29H,3-4,6-7,12-13H2,1-2H3,(H2,26,31). The summed E-state index contributed by atoms with van der Waals surface area (Å²) >= 11 is 1.61. The van der Waals surface area contributed by atoms with E-state index in [9.17, 15) is 14.7 Å². The average Bonchev–Trinajstić information content (AvgIpc) is 3.28. The molecule has 0 radical (unpaired) electrons. The summed E-state index contributed by atoms with van der Waals surface area (Å²) in [5.41, 5.74) is 10.6. The van der Waals surface area contributed by atoms with Crippen molar-refractivity contribution in [3.63, 3.8) is 0 Å². The third-order valence-corrected chi connectivity index (χ3v) is 7.74. The summed E-state index contributed by atoms with van der Waals surface area (Å²) in [5.74, 6) is -0.267. The second-order valence-electron chi connectivity index (χ2n) is 9.98. The van der Waals surface area contributed by atoms with Gasteiger partial charge in [-0.3, -0.25) is 9.59 Å². The summed E-state index contributed by atoms with van der Waals surface area (Å²) in [6.07, 6.45) is 4.32. The summed E-state index contributed by atoms with van der Waals surface area (Å²) in [6, 6.07) is 7.93. The highest BCUT2D eigenvalue weighted by Crippen LogP contribution is 2.43. The van der Waals surface area contributed by atoms with E-state index in [0.29, 0.717) is 17.7 Å². The lowest BCUT2D eigenvalue weighted by molar-refractivity contribution is 0.0912. The van der Waals surface area contributed by atoms with Crippen molar-refractivity contribution in [1.29, 1.82) is 0 Å². The zero-order valence-electron chi connectivity index (χ0n) is 18.5. The first-order valence-corrected chi connectivity index (χ1v) is 12.1. The predicted octanol–water partition coefficient (Wildman–Crippen LogP) is 4.66. The maximum Gasteiger partial charge on any atom is 0.250 e. The number of carbonyl (C=O) groups excluding carboxylic acids is 2. The molecule has 32 heavy (non-hydrogen) atoms. The van der Waals surface area contributed by atoms with Crippen LogP contribution in [0.15, 0.2) is 29.6 Å². The van der Waals surface area contributed by atoms with Crippen LogP contribution in [0.3, 0.4) is 0 Å². The van der Waals surface area contributed by atoms with Crippen LogP contribution in [0.1, 0.15) is 72.4 Å². The zero-order valence-corrected chi connectivity index (χ0v) is 19.3. The minimum atomic E-state index is -0.471. The number of aromatic nitrogens is 1. The van der Waals surface area contributed by atoms with Gasteiger partial charge in [-0.1, -0.05) is 13.8 Å². The molecule has 2 aliphatic rings. The van der Waals surface area contributed by atoms with Crippen molar-refractivity contribution < 1.29 is 14.7 Å².